The fraction of sp³-hybridized carbons (Fsp3) is 0.357. The Balaban J connectivity index is 1.68. The number of fused-ring (bicyclic) bond motifs is 1. The van der Waals surface area contributed by atoms with E-state index in [0.29, 0.717) is 6.04 Å². The summed E-state index contributed by atoms with van der Waals surface area (Å²) in [6.45, 7) is 0.780. The van der Waals surface area contributed by atoms with Gasteiger partial charge in [-0.05, 0) is 25.0 Å². The summed E-state index contributed by atoms with van der Waals surface area (Å²) in [5.41, 5.74) is 2.10. The van der Waals surface area contributed by atoms with Crippen LogP contribution in [0.2, 0.25) is 0 Å². The number of para-hydroxylation sites is 1. The molecule has 1 aromatic carbocycles. The molecule has 1 saturated carbocycles. The number of hydrogen-bond donors (Lipinski definition) is 2. The van der Waals surface area contributed by atoms with E-state index >= 15 is 0 Å². The third kappa shape index (κ3) is 2.30. The van der Waals surface area contributed by atoms with Crippen molar-refractivity contribution in [1.29, 1.82) is 0 Å². The van der Waals surface area contributed by atoms with Crippen LogP contribution in [0.25, 0.3) is 10.9 Å². The first-order valence-corrected chi connectivity index (χ1v) is 6.07. The predicted molar refractivity (Wildman–Crippen MR) is 67.6 cm³/mol. The molecule has 3 heteroatoms. The summed E-state index contributed by atoms with van der Waals surface area (Å²) in [4.78, 5) is 4.60. The maximum Gasteiger partial charge on any atom is 0.0705 e. The van der Waals surface area contributed by atoms with Gasteiger partial charge in [0, 0.05) is 18.0 Å². The third-order valence-corrected chi connectivity index (χ3v) is 3.34. The normalized spacial score (nSPS) is 23.6. The van der Waals surface area contributed by atoms with Gasteiger partial charge in [-0.1, -0.05) is 24.3 Å². The number of pyridine rings is 1. The van der Waals surface area contributed by atoms with Crippen molar-refractivity contribution in [3.63, 3.8) is 0 Å². The molecule has 0 aliphatic heterocycles. The van der Waals surface area contributed by atoms with Gasteiger partial charge in [0.1, 0.15) is 0 Å². The lowest BCUT2D eigenvalue weighted by Gasteiger charge is -2.32. The van der Waals surface area contributed by atoms with E-state index in [1.807, 2.05) is 18.2 Å². The van der Waals surface area contributed by atoms with Crippen molar-refractivity contribution in [2.24, 2.45) is 0 Å². The molecule has 2 N–H and O–H groups in total. The molecule has 0 radical (unpaired) electrons. The summed E-state index contributed by atoms with van der Waals surface area (Å²) >= 11 is 0. The number of benzene rings is 1. The summed E-state index contributed by atoms with van der Waals surface area (Å²) in [7, 11) is 0. The van der Waals surface area contributed by atoms with Crippen LogP contribution in [0.1, 0.15) is 18.5 Å². The molecule has 1 aliphatic carbocycles. The van der Waals surface area contributed by atoms with Crippen molar-refractivity contribution >= 4 is 10.9 Å². The first kappa shape index (κ1) is 10.7. The van der Waals surface area contributed by atoms with E-state index in [9.17, 15) is 5.11 Å². The van der Waals surface area contributed by atoms with E-state index in [0.717, 1.165) is 30.6 Å². The second-order valence-corrected chi connectivity index (χ2v) is 4.70. The zero-order valence-corrected chi connectivity index (χ0v) is 9.63. The highest BCUT2D eigenvalue weighted by Gasteiger charge is 2.26. The van der Waals surface area contributed by atoms with Gasteiger partial charge in [0.2, 0.25) is 0 Å². The maximum absolute atomic E-state index is 9.20. The van der Waals surface area contributed by atoms with E-state index in [4.69, 9.17) is 0 Å². The number of aliphatic hydroxyl groups excluding tert-OH is 1. The molecular weight excluding hydrogens is 212 g/mol. The van der Waals surface area contributed by atoms with Gasteiger partial charge in [-0.3, -0.25) is 4.98 Å². The highest BCUT2D eigenvalue weighted by atomic mass is 16.3. The molecule has 17 heavy (non-hydrogen) atoms. The van der Waals surface area contributed by atoms with Crippen LogP contribution in [-0.4, -0.2) is 22.2 Å². The molecule has 1 aromatic heterocycles. The van der Waals surface area contributed by atoms with Crippen molar-refractivity contribution in [2.75, 3.05) is 0 Å². The predicted octanol–water partition coefficient (Wildman–Crippen LogP) is 1.85. The molecule has 0 atom stereocenters. The van der Waals surface area contributed by atoms with E-state index in [-0.39, 0.29) is 6.10 Å². The second kappa shape index (κ2) is 4.43. The number of hydrogen-bond acceptors (Lipinski definition) is 3. The number of aliphatic hydroxyl groups is 1. The van der Waals surface area contributed by atoms with Crippen molar-refractivity contribution in [3.8, 4) is 0 Å². The fourth-order valence-electron chi connectivity index (χ4n) is 2.21. The Labute approximate surface area is 100 Å². The number of rotatable bonds is 3. The van der Waals surface area contributed by atoms with Crippen LogP contribution >= 0.6 is 0 Å². The second-order valence-electron chi connectivity index (χ2n) is 4.70. The third-order valence-electron chi connectivity index (χ3n) is 3.34. The molecule has 0 unspecified atom stereocenters. The van der Waals surface area contributed by atoms with Crippen molar-refractivity contribution in [1.82, 2.24) is 10.3 Å². The zero-order valence-electron chi connectivity index (χ0n) is 9.63. The Morgan fingerprint density at radius 3 is 2.82 bits per heavy atom. The molecular formula is C14H16N2O. The molecule has 0 saturated heterocycles. The lowest BCUT2D eigenvalue weighted by molar-refractivity contribution is 0.0618. The van der Waals surface area contributed by atoms with Gasteiger partial charge in [0.15, 0.2) is 0 Å². The fourth-order valence-corrected chi connectivity index (χ4v) is 2.21. The largest absolute Gasteiger partial charge is 0.393 e. The summed E-state index contributed by atoms with van der Waals surface area (Å²) in [5.74, 6) is 0. The first-order valence-electron chi connectivity index (χ1n) is 6.07. The van der Waals surface area contributed by atoms with Crippen LogP contribution in [0.15, 0.2) is 36.4 Å². The van der Waals surface area contributed by atoms with Crippen LogP contribution in [0, 0.1) is 0 Å². The molecule has 1 fully saturated rings. The van der Waals surface area contributed by atoms with E-state index < -0.39 is 0 Å². The van der Waals surface area contributed by atoms with E-state index in [2.05, 4.69) is 28.5 Å². The minimum Gasteiger partial charge on any atom is -0.393 e. The van der Waals surface area contributed by atoms with Crippen molar-refractivity contribution in [3.05, 3.63) is 42.1 Å². The molecule has 3 nitrogen and oxygen atoms in total. The van der Waals surface area contributed by atoms with Gasteiger partial charge >= 0.3 is 0 Å². The van der Waals surface area contributed by atoms with Gasteiger partial charge in [-0.15, -0.1) is 0 Å². The van der Waals surface area contributed by atoms with Crippen LogP contribution in [0.3, 0.4) is 0 Å². The Kier molecular flexibility index (Phi) is 2.79. The Hall–Kier alpha value is -1.45. The Morgan fingerprint density at radius 1 is 1.18 bits per heavy atom. The molecule has 0 amide bonds. The molecule has 0 spiro atoms. The molecule has 88 valence electrons. The Bertz CT molecular complexity index is 520. The smallest absolute Gasteiger partial charge is 0.0705 e. The SMILES string of the molecule is OC1CC(NCc2ccc3ccccc3n2)C1. The number of nitrogens with one attached hydrogen (secondary N) is 1. The highest BCUT2D eigenvalue weighted by Crippen LogP contribution is 2.20. The van der Waals surface area contributed by atoms with E-state index in [1.165, 1.54) is 5.39 Å². The van der Waals surface area contributed by atoms with Gasteiger partial charge in [0.05, 0.1) is 17.3 Å². The molecule has 3 rings (SSSR count). The summed E-state index contributed by atoms with van der Waals surface area (Å²) in [6.07, 6.45) is 1.64. The van der Waals surface area contributed by atoms with Gasteiger partial charge in [0.25, 0.3) is 0 Å². The van der Waals surface area contributed by atoms with Crippen LogP contribution in [0.4, 0.5) is 0 Å². The summed E-state index contributed by atoms with van der Waals surface area (Å²) in [5, 5.41) is 13.8. The Morgan fingerprint density at radius 2 is 2.00 bits per heavy atom. The lowest BCUT2D eigenvalue weighted by atomic mass is 9.89. The number of nitrogens with zero attached hydrogens (tertiary/aromatic N) is 1. The van der Waals surface area contributed by atoms with Crippen LogP contribution < -0.4 is 5.32 Å². The molecule has 2 aromatic rings. The van der Waals surface area contributed by atoms with Crippen molar-refractivity contribution in [2.45, 2.75) is 31.5 Å². The molecule has 1 aliphatic rings. The van der Waals surface area contributed by atoms with Crippen molar-refractivity contribution < 1.29 is 5.11 Å². The van der Waals surface area contributed by atoms with Gasteiger partial charge < -0.3 is 10.4 Å². The topological polar surface area (TPSA) is 45.1 Å². The average molecular weight is 228 g/mol. The number of aromatic nitrogens is 1. The monoisotopic (exact) mass is 228 g/mol. The minimum absolute atomic E-state index is 0.0999. The first-order chi connectivity index (χ1) is 8.31. The molecule has 0 bridgehead atoms. The lowest BCUT2D eigenvalue weighted by Crippen LogP contribution is -2.43. The summed E-state index contributed by atoms with van der Waals surface area (Å²) < 4.78 is 0. The van der Waals surface area contributed by atoms with E-state index in [1.54, 1.807) is 0 Å². The quantitative estimate of drug-likeness (QED) is 0.842. The van der Waals surface area contributed by atoms with Gasteiger partial charge in [-0.2, -0.15) is 0 Å². The highest BCUT2D eigenvalue weighted by molar-refractivity contribution is 5.78. The summed E-state index contributed by atoms with van der Waals surface area (Å²) in [6, 6.07) is 12.8. The standard InChI is InChI=1S/C14H16N2O/c17-13-7-12(8-13)15-9-11-6-5-10-3-1-2-4-14(10)16-11/h1-6,12-13,15,17H,7-9H2. The van der Waals surface area contributed by atoms with Crippen LogP contribution in [0.5, 0.6) is 0 Å². The zero-order chi connectivity index (χ0) is 11.7. The van der Waals surface area contributed by atoms with Crippen LogP contribution in [-0.2, 0) is 6.54 Å². The minimum atomic E-state index is -0.0999. The molecule has 1 heterocycles. The maximum atomic E-state index is 9.20. The van der Waals surface area contributed by atoms with Gasteiger partial charge in [-0.25, -0.2) is 0 Å². The average Bonchev–Trinajstić information content (AvgIpc) is 2.33.